The molecule has 1 aromatic heterocycles. The maximum Gasteiger partial charge on any atom is 0.306 e. The molecule has 0 unspecified atom stereocenters. The van der Waals surface area contributed by atoms with Crippen LogP contribution in [0, 0.1) is 11.3 Å². The zero-order chi connectivity index (χ0) is 17.3. The zero-order valence-corrected chi connectivity index (χ0v) is 15.4. The Morgan fingerprint density at radius 1 is 1.26 bits per heavy atom. The van der Waals surface area contributed by atoms with E-state index < -0.39 is 5.60 Å². The fourth-order valence-electron chi connectivity index (χ4n) is 3.26. The Morgan fingerprint density at radius 2 is 1.91 bits per heavy atom. The summed E-state index contributed by atoms with van der Waals surface area (Å²) in [6.45, 7) is 12.5. The van der Waals surface area contributed by atoms with Gasteiger partial charge in [-0.3, -0.25) is 4.79 Å². The van der Waals surface area contributed by atoms with Crippen LogP contribution in [-0.2, 0) is 16.0 Å². The van der Waals surface area contributed by atoms with Crippen molar-refractivity contribution >= 4 is 5.97 Å². The lowest BCUT2D eigenvalue weighted by atomic mass is 9.67. The Balaban J connectivity index is 1.76. The first-order valence-corrected chi connectivity index (χ1v) is 8.69. The van der Waals surface area contributed by atoms with E-state index in [9.17, 15) is 4.79 Å². The van der Waals surface area contributed by atoms with Crippen LogP contribution in [0.15, 0.2) is 10.6 Å². The minimum atomic E-state index is -0.430. The summed E-state index contributed by atoms with van der Waals surface area (Å²) in [4.78, 5) is 11.7. The highest BCUT2D eigenvalue weighted by molar-refractivity contribution is 5.70. The average molecular weight is 321 g/mol. The highest BCUT2D eigenvalue weighted by Crippen LogP contribution is 2.46. The van der Waals surface area contributed by atoms with E-state index in [4.69, 9.17) is 9.26 Å². The molecule has 0 aromatic carbocycles. The van der Waals surface area contributed by atoms with Gasteiger partial charge in [0.15, 0.2) is 0 Å². The predicted molar refractivity (Wildman–Crippen MR) is 90.2 cm³/mol. The van der Waals surface area contributed by atoms with Gasteiger partial charge in [0.1, 0.15) is 11.4 Å². The highest BCUT2D eigenvalue weighted by atomic mass is 16.6. The molecule has 0 spiro atoms. The first-order chi connectivity index (χ1) is 10.5. The van der Waals surface area contributed by atoms with Crippen LogP contribution in [0.5, 0.6) is 0 Å². The van der Waals surface area contributed by atoms with Crippen LogP contribution in [0.4, 0.5) is 0 Å². The van der Waals surface area contributed by atoms with Crippen molar-refractivity contribution in [2.75, 3.05) is 0 Å². The number of hydrogen-bond acceptors (Lipinski definition) is 4. The number of carbonyl (C=O) groups is 1. The summed E-state index contributed by atoms with van der Waals surface area (Å²) < 4.78 is 10.8. The van der Waals surface area contributed by atoms with Gasteiger partial charge < -0.3 is 9.26 Å². The molecule has 1 aromatic rings. The summed E-state index contributed by atoms with van der Waals surface area (Å²) in [6, 6.07) is 2.02. The molecule has 1 heterocycles. The molecule has 1 aliphatic rings. The molecule has 2 rings (SSSR count). The second-order valence-electron chi connectivity index (χ2n) is 9.11. The van der Waals surface area contributed by atoms with Gasteiger partial charge in [-0.1, -0.05) is 25.9 Å². The molecule has 4 heteroatoms. The third-order valence-corrected chi connectivity index (χ3v) is 4.12. The third-order valence-electron chi connectivity index (χ3n) is 4.12. The first kappa shape index (κ1) is 18.0. The number of esters is 1. The van der Waals surface area contributed by atoms with E-state index in [2.05, 4.69) is 25.9 Å². The van der Waals surface area contributed by atoms with Gasteiger partial charge in [0.2, 0.25) is 0 Å². The summed E-state index contributed by atoms with van der Waals surface area (Å²) in [5.41, 5.74) is 0.820. The van der Waals surface area contributed by atoms with E-state index in [0.717, 1.165) is 17.4 Å². The number of hydrogen-bond donors (Lipinski definition) is 0. The largest absolute Gasteiger partial charge is 0.460 e. The maximum absolute atomic E-state index is 11.7. The molecule has 1 saturated carbocycles. The second-order valence-corrected chi connectivity index (χ2v) is 9.11. The number of aromatic nitrogens is 1. The van der Waals surface area contributed by atoms with Crippen molar-refractivity contribution in [3.05, 3.63) is 17.5 Å². The summed E-state index contributed by atoms with van der Waals surface area (Å²) in [5, 5.41) is 4.10. The molecule has 0 N–H and O–H groups in total. The molecular weight excluding hydrogens is 290 g/mol. The minimum Gasteiger partial charge on any atom is -0.460 e. The van der Waals surface area contributed by atoms with Crippen LogP contribution in [-0.4, -0.2) is 16.7 Å². The lowest BCUT2D eigenvalue weighted by molar-refractivity contribution is -0.154. The lowest BCUT2D eigenvalue weighted by Crippen LogP contribution is -2.25. The quantitative estimate of drug-likeness (QED) is 0.725. The van der Waals surface area contributed by atoms with E-state index in [1.807, 2.05) is 26.8 Å². The van der Waals surface area contributed by atoms with Crippen LogP contribution < -0.4 is 0 Å². The van der Waals surface area contributed by atoms with Gasteiger partial charge in [0.25, 0.3) is 0 Å². The summed E-state index contributed by atoms with van der Waals surface area (Å²) in [6.07, 6.45) is 4.58. The van der Waals surface area contributed by atoms with E-state index in [0.29, 0.717) is 24.2 Å². The Labute approximate surface area is 140 Å². The number of aryl methyl sites for hydroxylation is 1. The van der Waals surface area contributed by atoms with Gasteiger partial charge >= 0.3 is 5.97 Å². The fraction of sp³-hybridized carbons (Fsp3) is 0.789. The van der Waals surface area contributed by atoms with Gasteiger partial charge in [0, 0.05) is 18.4 Å². The molecule has 0 bridgehead atoms. The Bertz CT molecular complexity index is 528. The zero-order valence-electron chi connectivity index (χ0n) is 15.4. The Hall–Kier alpha value is -1.32. The second kappa shape index (κ2) is 6.66. The van der Waals surface area contributed by atoms with Crippen LogP contribution >= 0.6 is 0 Å². The van der Waals surface area contributed by atoms with E-state index in [1.165, 1.54) is 19.3 Å². The van der Waals surface area contributed by atoms with E-state index in [1.54, 1.807) is 0 Å². The smallest absolute Gasteiger partial charge is 0.306 e. The van der Waals surface area contributed by atoms with Crippen LogP contribution in [0.1, 0.15) is 84.6 Å². The molecule has 0 aliphatic heterocycles. The van der Waals surface area contributed by atoms with Crippen molar-refractivity contribution in [2.24, 2.45) is 11.3 Å². The van der Waals surface area contributed by atoms with Gasteiger partial charge in [-0.2, -0.15) is 0 Å². The van der Waals surface area contributed by atoms with Crippen LogP contribution in [0.3, 0.4) is 0 Å². The molecule has 1 aliphatic carbocycles. The molecule has 130 valence electrons. The van der Waals surface area contributed by atoms with Crippen molar-refractivity contribution in [1.82, 2.24) is 5.16 Å². The van der Waals surface area contributed by atoms with Crippen molar-refractivity contribution in [3.63, 3.8) is 0 Å². The lowest BCUT2D eigenvalue weighted by Gasteiger charge is -2.37. The van der Waals surface area contributed by atoms with Crippen molar-refractivity contribution in [2.45, 2.75) is 85.2 Å². The molecule has 1 fully saturated rings. The third kappa shape index (κ3) is 6.00. The van der Waals surface area contributed by atoms with Crippen molar-refractivity contribution < 1.29 is 14.1 Å². The topological polar surface area (TPSA) is 52.3 Å². The summed E-state index contributed by atoms with van der Waals surface area (Å²) in [7, 11) is 0. The van der Waals surface area contributed by atoms with Gasteiger partial charge in [-0.25, -0.2) is 0 Å². The first-order valence-electron chi connectivity index (χ1n) is 8.69. The maximum atomic E-state index is 11.7. The van der Waals surface area contributed by atoms with E-state index >= 15 is 0 Å². The molecule has 0 amide bonds. The highest BCUT2D eigenvalue weighted by Gasteiger charge is 2.35. The molecule has 23 heavy (non-hydrogen) atoms. The fourth-order valence-corrected chi connectivity index (χ4v) is 3.26. The molecule has 4 nitrogen and oxygen atoms in total. The number of ether oxygens (including phenoxy) is 1. The van der Waals surface area contributed by atoms with Gasteiger partial charge in [-0.15, -0.1) is 0 Å². The minimum absolute atomic E-state index is 0.184. The number of nitrogens with zero attached hydrogens (tertiary/aromatic N) is 1. The Morgan fingerprint density at radius 3 is 2.48 bits per heavy atom. The molecule has 0 radical (unpaired) electrons. The summed E-state index contributed by atoms with van der Waals surface area (Å²) >= 11 is 0. The number of carbonyl (C=O) groups excluding carboxylic acids is 1. The summed E-state index contributed by atoms with van der Waals surface area (Å²) in [5.74, 6) is 2.10. The average Bonchev–Trinajstić information content (AvgIpc) is 2.75. The SMILES string of the molecule is CC(C)(C)CC1CC(c2cc(CCC(=O)OC(C)(C)C)no2)C1. The normalized spacial score (nSPS) is 21.8. The monoisotopic (exact) mass is 321 g/mol. The predicted octanol–water partition coefficient (Wildman–Crippen LogP) is 4.88. The standard InChI is InChI=1S/C19H31NO3/c1-18(2,3)12-13-9-14(10-13)16-11-15(20-23-16)7-8-17(21)22-19(4,5)6/h11,13-14H,7-10,12H2,1-6H3. The van der Waals surface area contributed by atoms with Gasteiger partial charge in [-0.05, 0) is 51.4 Å². The molecule has 0 atom stereocenters. The Kier molecular flexibility index (Phi) is 5.22. The molecule has 0 saturated heterocycles. The van der Waals surface area contributed by atoms with Crippen LogP contribution in [0.25, 0.3) is 0 Å². The van der Waals surface area contributed by atoms with Crippen LogP contribution in [0.2, 0.25) is 0 Å². The number of rotatable bonds is 5. The molecular formula is C19H31NO3. The van der Waals surface area contributed by atoms with Crippen molar-refractivity contribution in [3.8, 4) is 0 Å². The van der Waals surface area contributed by atoms with Crippen molar-refractivity contribution in [1.29, 1.82) is 0 Å². The van der Waals surface area contributed by atoms with Gasteiger partial charge in [0.05, 0.1) is 12.1 Å². The van der Waals surface area contributed by atoms with E-state index in [-0.39, 0.29) is 5.97 Å².